The number of fused-ring (bicyclic) bond motifs is 1. The van der Waals surface area contributed by atoms with E-state index >= 15 is 0 Å². The second-order valence-corrected chi connectivity index (χ2v) is 12.6. The first kappa shape index (κ1) is 31.3. The zero-order valence-electron chi connectivity index (χ0n) is 24.3. The third kappa shape index (κ3) is 6.23. The molecule has 0 bridgehead atoms. The number of allylic oxidation sites excluding steroid dienone is 1. The number of nitro benzene ring substituents is 1. The van der Waals surface area contributed by atoms with Crippen molar-refractivity contribution in [2.75, 3.05) is 13.7 Å². The lowest BCUT2D eigenvalue weighted by atomic mass is 9.95. The van der Waals surface area contributed by atoms with Gasteiger partial charge in [-0.25, -0.2) is 19.8 Å². The number of carbonyl (C=O) groups is 1. The van der Waals surface area contributed by atoms with Crippen LogP contribution in [0.1, 0.15) is 42.4 Å². The molecule has 0 fully saturated rings. The van der Waals surface area contributed by atoms with Gasteiger partial charge in [0, 0.05) is 27.5 Å². The van der Waals surface area contributed by atoms with E-state index in [0.717, 1.165) is 39.0 Å². The zero-order chi connectivity index (χ0) is 31.7. The van der Waals surface area contributed by atoms with Gasteiger partial charge in [-0.3, -0.25) is 19.5 Å². The molecule has 2 aromatic heterocycles. The molecule has 3 heterocycles. The van der Waals surface area contributed by atoms with E-state index in [4.69, 9.17) is 9.47 Å². The summed E-state index contributed by atoms with van der Waals surface area (Å²) in [5.74, 6) is -0.118. The number of nitro groups is 1. The van der Waals surface area contributed by atoms with Crippen molar-refractivity contribution in [3.05, 3.63) is 111 Å². The van der Waals surface area contributed by atoms with Gasteiger partial charge in [0.05, 0.1) is 39.3 Å². The summed E-state index contributed by atoms with van der Waals surface area (Å²) in [6.07, 6.45) is 1.58. The fraction of sp³-hybridized carbons (Fsp3) is 0.233. The summed E-state index contributed by atoms with van der Waals surface area (Å²) in [7, 11) is 1.51. The van der Waals surface area contributed by atoms with Gasteiger partial charge in [-0.15, -0.1) is 0 Å². The Labute approximate surface area is 268 Å². The minimum absolute atomic E-state index is 0.142. The van der Waals surface area contributed by atoms with Crippen molar-refractivity contribution >= 4 is 56.8 Å². The highest BCUT2D eigenvalue weighted by atomic mass is 79.9. The fourth-order valence-electron chi connectivity index (χ4n) is 4.85. The van der Waals surface area contributed by atoms with E-state index in [1.807, 2.05) is 19.9 Å². The second kappa shape index (κ2) is 12.8. The van der Waals surface area contributed by atoms with Crippen molar-refractivity contribution in [1.29, 1.82) is 0 Å². The number of thiazole rings is 1. The molecule has 226 valence electrons. The van der Waals surface area contributed by atoms with Crippen LogP contribution in [-0.4, -0.2) is 39.1 Å². The number of benzene rings is 2. The van der Waals surface area contributed by atoms with Gasteiger partial charge in [0.2, 0.25) is 0 Å². The van der Waals surface area contributed by atoms with Crippen LogP contribution in [0.5, 0.6) is 5.75 Å². The summed E-state index contributed by atoms with van der Waals surface area (Å²) in [4.78, 5) is 52.9. The van der Waals surface area contributed by atoms with Gasteiger partial charge in [-0.05, 0) is 81.4 Å². The van der Waals surface area contributed by atoms with Crippen LogP contribution < -0.4 is 19.6 Å². The van der Waals surface area contributed by atoms with E-state index in [9.17, 15) is 19.7 Å². The Balaban J connectivity index is 1.65. The normalized spacial score (nSPS) is 14.7. The molecule has 0 saturated heterocycles. The van der Waals surface area contributed by atoms with Crippen LogP contribution in [-0.2, 0) is 9.53 Å². The molecular weight excluding hydrogens is 670 g/mol. The van der Waals surface area contributed by atoms with E-state index in [-0.39, 0.29) is 22.4 Å². The molecule has 0 unspecified atom stereocenters. The highest BCUT2D eigenvalue weighted by molar-refractivity contribution is 9.10. The third-order valence-electron chi connectivity index (χ3n) is 6.64. The van der Waals surface area contributed by atoms with Crippen LogP contribution in [0.2, 0.25) is 0 Å². The lowest BCUT2D eigenvalue weighted by molar-refractivity contribution is -0.387. The number of esters is 1. The number of nitrogens with zero attached hydrogens (tertiary/aromatic N) is 5. The molecule has 44 heavy (non-hydrogen) atoms. The van der Waals surface area contributed by atoms with Gasteiger partial charge in [0.15, 0.2) is 9.96 Å². The van der Waals surface area contributed by atoms with Gasteiger partial charge in [-0.1, -0.05) is 33.3 Å². The van der Waals surface area contributed by atoms with E-state index in [2.05, 4.69) is 30.9 Å². The van der Waals surface area contributed by atoms with Gasteiger partial charge in [-0.2, -0.15) is 0 Å². The minimum Gasteiger partial charge on any atom is -0.496 e. The van der Waals surface area contributed by atoms with Crippen molar-refractivity contribution < 1.29 is 19.2 Å². The average Bonchev–Trinajstić information content (AvgIpc) is 3.26. The Morgan fingerprint density at radius 3 is 2.55 bits per heavy atom. The third-order valence-corrected chi connectivity index (χ3v) is 9.05. The minimum atomic E-state index is -0.884. The summed E-state index contributed by atoms with van der Waals surface area (Å²) < 4.78 is 13.4. The van der Waals surface area contributed by atoms with E-state index in [1.54, 1.807) is 50.3 Å². The molecule has 1 atom stereocenters. The number of hydrogen-bond donors (Lipinski definition) is 0. The first-order valence-corrected chi connectivity index (χ1v) is 15.7. The first-order chi connectivity index (χ1) is 21.0. The Bertz CT molecular complexity index is 2020. The van der Waals surface area contributed by atoms with E-state index in [0.29, 0.717) is 37.4 Å². The number of halogens is 1. The van der Waals surface area contributed by atoms with Gasteiger partial charge >= 0.3 is 5.97 Å². The Hall–Kier alpha value is -4.14. The van der Waals surface area contributed by atoms with Gasteiger partial charge in [0.1, 0.15) is 11.8 Å². The Morgan fingerprint density at radius 2 is 1.89 bits per heavy atom. The fourth-order valence-corrected chi connectivity index (χ4v) is 7.22. The van der Waals surface area contributed by atoms with Crippen molar-refractivity contribution in [2.45, 2.75) is 43.8 Å². The number of carbonyl (C=O) groups excluding carboxylic acids is 1. The maximum absolute atomic E-state index is 14.0. The van der Waals surface area contributed by atoms with E-state index in [1.165, 1.54) is 17.7 Å². The lowest BCUT2D eigenvalue weighted by Gasteiger charge is -2.26. The number of hydrogen-bond acceptors (Lipinski definition) is 11. The largest absolute Gasteiger partial charge is 0.496 e. The van der Waals surface area contributed by atoms with Crippen LogP contribution in [0.25, 0.3) is 6.08 Å². The summed E-state index contributed by atoms with van der Waals surface area (Å²) in [6.45, 7) is 7.21. The van der Waals surface area contributed by atoms with Crippen LogP contribution in [0.15, 0.2) is 78.0 Å². The van der Waals surface area contributed by atoms with Crippen LogP contribution >= 0.6 is 39.0 Å². The molecule has 0 aliphatic carbocycles. The molecule has 5 rings (SSSR count). The number of rotatable bonds is 8. The number of methoxy groups -OCH3 is 1. The molecule has 1 aliphatic heterocycles. The van der Waals surface area contributed by atoms with Crippen molar-refractivity contribution in [3.63, 3.8) is 0 Å². The molecule has 4 aromatic rings. The topological polar surface area (TPSA) is 139 Å². The number of ether oxygens (including phenoxy) is 2. The maximum atomic E-state index is 14.0. The monoisotopic (exact) mass is 695 g/mol. The number of aryl methyl sites for hydroxylation is 2. The van der Waals surface area contributed by atoms with Crippen LogP contribution in [0.4, 0.5) is 5.69 Å². The molecular formula is C30H26BrN5O6S2. The maximum Gasteiger partial charge on any atom is 0.338 e. The second-order valence-electron chi connectivity index (χ2n) is 9.71. The van der Waals surface area contributed by atoms with Crippen LogP contribution in [0.3, 0.4) is 0 Å². The molecule has 14 heteroatoms. The average molecular weight is 697 g/mol. The first-order valence-electron chi connectivity index (χ1n) is 13.3. The highest BCUT2D eigenvalue weighted by Gasteiger charge is 2.35. The summed E-state index contributed by atoms with van der Waals surface area (Å²) in [5.41, 5.74) is 2.60. The van der Waals surface area contributed by atoms with Crippen molar-refractivity contribution in [1.82, 2.24) is 14.5 Å². The molecule has 11 nitrogen and oxygen atoms in total. The molecule has 1 aliphatic rings. The van der Waals surface area contributed by atoms with Crippen molar-refractivity contribution in [2.24, 2.45) is 4.99 Å². The molecule has 2 aromatic carbocycles. The molecule has 0 spiro atoms. The molecule has 0 saturated carbocycles. The molecule has 0 radical (unpaired) electrons. The molecule has 0 N–H and O–H groups in total. The predicted molar refractivity (Wildman–Crippen MR) is 170 cm³/mol. The Morgan fingerprint density at radius 1 is 1.16 bits per heavy atom. The predicted octanol–water partition coefficient (Wildman–Crippen LogP) is 5.04. The Kier molecular flexibility index (Phi) is 9.13. The lowest BCUT2D eigenvalue weighted by Crippen LogP contribution is -2.40. The summed E-state index contributed by atoms with van der Waals surface area (Å²) >= 11 is 5.71. The van der Waals surface area contributed by atoms with E-state index < -0.39 is 22.5 Å². The summed E-state index contributed by atoms with van der Waals surface area (Å²) in [5, 5.41) is 12.5. The summed E-state index contributed by atoms with van der Waals surface area (Å²) in [6, 6.07) is 11.0. The van der Waals surface area contributed by atoms with Crippen LogP contribution in [0, 0.1) is 24.0 Å². The van der Waals surface area contributed by atoms with Crippen molar-refractivity contribution in [3.8, 4) is 5.75 Å². The SMILES string of the molecule is CCOC(=O)C1=C(C)N=c2s/c(=C\c3ccc(Sc4nc(C)cc(C)n4)c([N+](=O)[O-])c3)c(=O)n2[C@H]1c1cc(Br)ccc1OC. The van der Waals surface area contributed by atoms with Gasteiger partial charge in [0.25, 0.3) is 11.2 Å². The highest BCUT2D eigenvalue weighted by Crippen LogP contribution is 2.38. The molecule has 0 amide bonds. The zero-order valence-corrected chi connectivity index (χ0v) is 27.5. The smallest absolute Gasteiger partial charge is 0.338 e. The quantitative estimate of drug-likeness (QED) is 0.107. The standard InChI is InChI=1S/C30H26BrN5O6S2/c1-6-42-28(38)25-17(4)34-30-35(26(25)20-14-19(31)8-9-22(20)41-5)27(37)24(44-30)13-18-7-10-23(21(12-18)36(39)40)43-29-32-15(2)11-16(3)33-29/h7-14,26H,6H2,1-5H3/b24-13-/t26-/m0/s1. The van der Waals surface area contributed by atoms with Gasteiger partial charge < -0.3 is 9.47 Å². The number of aromatic nitrogens is 3.